The van der Waals surface area contributed by atoms with E-state index in [2.05, 4.69) is 10.1 Å². The van der Waals surface area contributed by atoms with Gasteiger partial charge in [-0.15, -0.1) is 0 Å². The van der Waals surface area contributed by atoms with Gasteiger partial charge in [-0.05, 0) is 31.9 Å². The molecule has 8 nitrogen and oxygen atoms in total. The Morgan fingerprint density at radius 1 is 1.40 bits per heavy atom. The first kappa shape index (κ1) is 17.6. The topological polar surface area (TPSA) is 103 Å². The Labute approximate surface area is 145 Å². The highest BCUT2D eigenvalue weighted by atomic mass is 32.2. The van der Waals surface area contributed by atoms with Crippen molar-refractivity contribution in [1.29, 1.82) is 0 Å². The van der Waals surface area contributed by atoms with Gasteiger partial charge < -0.3 is 9.26 Å². The maximum absolute atomic E-state index is 12.5. The van der Waals surface area contributed by atoms with Crippen LogP contribution < -0.4 is 0 Å². The molecule has 9 heteroatoms. The van der Waals surface area contributed by atoms with E-state index >= 15 is 0 Å². The molecule has 1 saturated heterocycles. The number of esters is 1. The van der Waals surface area contributed by atoms with Crippen LogP contribution in [-0.4, -0.2) is 41.9 Å². The van der Waals surface area contributed by atoms with E-state index in [0.29, 0.717) is 24.3 Å². The van der Waals surface area contributed by atoms with E-state index in [1.54, 1.807) is 19.1 Å². The first-order valence-electron chi connectivity index (χ1n) is 7.96. The molecule has 0 radical (unpaired) electrons. The van der Waals surface area contributed by atoms with E-state index in [-0.39, 0.29) is 36.5 Å². The number of sulfonamides is 1. The quantitative estimate of drug-likeness (QED) is 0.740. The number of aromatic nitrogens is 2. The van der Waals surface area contributed by atoms with E-state index in [1.165, 1.54) is 22.8 Å². The number of carbonyl (C=O) groups is 1. The highest BCUT2D eigenvalue weighted by Crippen LogP contribution is 2.24. The van der Waals surface area contributed by atoms with E-state index in [1.807, 2.05) is 0 Å². The molecule has 0 spiro atoms. The average molecular weight is 365 g/mol. The SMILES string of the molecule is Cc1cc(COC(=O)C2CCN(S(=O)(=O)c3cccnc3)CC2)no1. The van der Waals surface area contributed by atoms with Gasteiger partial charge in [0.25, 0.3) is 0 Å². The average Bonchev–Trinajstić information content (AvgIpc) is 3.06. The van der Waals surface area contributed by atoms with Gasteiger partial charge >= 0.3 is 5.97 Å². The zero-order chi connectivity index (χ0) is 17.9. The summed E-state index contributed by atoms with van der Waals surface area (Å²) in [6, 6.07) is 4.81. The minimum absolute atomic E-state index is 0.0599. The summed E-state index contributed by atoms with van der Waals surface area (Å²) in [6.45, 7) is 2.38. The lowest BCUT2D eigenvalue weighted by Gasteiger charge is -2.29. The van der Waals surface area contributed by atoms with Gasteiger partial charge in [0.1, 0.15) is 23.0 Å². The van der Waals surface area contributed by atoms with Crippen molar-refractivity contribution in [2.24, 2.45) is 5.92 Å². The molecule has 134 valence electrons. The Morgan fingerprint density at radius 3 is 2.76 bits per heavy atom. The smallest absolute Gasteiger partial charge is 0.309 e. The summed E-state index contributed by atoms with van der Waals surface area (Å²) in [5.74, 6) is 0.00684. The van der Waals surface area contributed by atoms with E-state index in [4.69, 9.17) is 9.26 Å². The molecule has 3 rings (SSSR count). The fourth-order valence-electron chi connectivity index (χ4n) is 2.73. The Bertz CT molecular complexity index is 826. The number of hydrogen-bond donors (Lipinski definition) is 0. The predicted molar refractivity (Wildman–Crippen MR) is 86.8 cm³/mol. The molecule has 1 aliphatic rings. The summed E-state index contributed by atoms with van der Waals surface area (Å²) in [7, 11) is -3.57. The van der Waals surface area contributed by atoms with Crippen molar-refractivity contribution in [3.05, 3.63) is 42.0 Å². The third kappa shape index (κ3) is 4.05. The largest absolute Gasteiger partial charge is 0.459 e. The van der Waals surface area contributed by atoms with Gasteiger partial charge in [-0.1, -0.05) is 5.16 Å². The van der Waals surface area contributed by atoms with Crippen LogP contribution in [0, 0.1) is 12.8 Å². The number of piperidine rings is 1. The Hall–Kier alpha value is -2.26. The van der Waals surface area contributed by atoms with Gasteiger partial charge in [-0.25, -0.2) is 8.42 Å². The van der Waals surface area contributed by atoms with Crippen LogP contribution >= 0.6 is 0 Å². The molecule has 0 atom stereocenters. The summed E-state index contributed by atoms with van der Waals surface area (Å²) < 4.78 is 36.6. The van der Waals surface area contributed by atoms with Crippen LogP contribution in [0.3, 0.4) is 0 Å². The lowest BCUT2D eigenvalue weighted by atomic mass is 9.98. The Morgan fingerprint density at radius 2 is 2.16 bits per heavy atom. The molecular weight excluding hydrogens is 346 g/mol. The van der Waals surface area contributed by atoms with Crippen molar-refractivity contribution in [2.45, 2.75) is 31.3 Å². The molecule has 2 aromatic rings. The summed E-state index contributed by atoms with van der Waals surface area (Å²) in [6.07, 6.45) is 3.71. The second-order valence-electron chi connectivity index (χ2n) is 5.90. The zero-order valence-corrected chi connectivity index (χ0v) is 14.6. The lowest BCUT2D eigenvalue weighted by molar-refractivity contribution is -0.151. The minimum Gasteiger partial charge on any atom is -0.459 e. The van der Waals surface area contributed by atoms with Crippen LogP contribution in [0.15, 0.2) is 40.0 Å². The standard InChI is InChI=1S/C16H19N3O5S/c1-12-9-14(18-24-12)11-23-16(20)13-4-7-19(8-5-13)25(21,22)15-3-2-6-17-10-15/h2-3,6,9-10,13H,4-5,7-8,11H2,1H3. The van der Waals surface area contributed by atoms with Crippen LogP contribution in [0.5, 0.6) is 0 Å². The molecule has 0 saturated carbocycles. The Kier molecular flexibility index (Phi) is 5.14. The Balaban J connectivity index is 1.54. The van der Waals surface area contributed by atoms with Gasteiger partial charge in [0.15, 0.2) is 0 Å². The molecule has 0 aromatic carbocycles. The van der Waals surface area contributed by atoms with Gasteiger partial charge in [-0.2, -0.15) is 4.31 Å². The number of hydrogen-bond acceptors (Lipinski definition) is 7. The first-order valence-corrected chi connectivity index (χ1v) is 9.40. The van der Waals surface area contributed by atoms with Crippen LogP contribution in [0.2, 0.25) is 0 Å². The molecule has 2 aromatic heterocycles. The van der Waals surface area contributed by atoms with Gasteiger partial charge in [0.2, 0.25) is 10.0 Å². The summed E-state index contributed by atoms with van der Waals surface area (Å²) in [4.78, 5) is 16.2. The van der Waals surface area contributed by atoms with Crippen molar-refractivity contribution in [2.75, 3.05) is 13.1 Å². The van der Waals surface area contributed by atoms with E-state index in [0.717, 1.165) is 0 Å². The predicted octanol–water partition coefficient (Wildman–Crippen LogP) is 1.52. The van der Waals surface area contributed by atoms with Crippen LogP contribution in [0.1, 0.15) is 24.3 Å². The second kappa shape index (κ2) is 7.32. The van der Waals surface area contributed by atoms with Crippen LogP contribution in [-0.2, 0) is 26.2 Å². The highest BCUT2D eigenvalue weighted by Gasteiger charge is 2.32. The zero-order valence-electron chi connectivity index (χ0n) is 13.8. The number of nitrogens with zero attached hydrogens (tertiary/aromatic N) is 3. The maximum atomic E-state index is 12.5. The summed E-state index contributed by atoms with van der Waals surface area (Å²) >= 11 is 0. The lowest BCUT2D eigenvalue weighted by Crippen LogP contribution is -2.40. The molecule has 1 aliphatic heterocycles. The molecule has 0 amide bonds. The summed E-state index contributed by atoms with van der Waals surface area (Å²) in [5, 5.41) is 3.77. The monoisotopic (exact) mass is 365 g/mol. The molecule has 0 N–H and O–H groups in total. The normalized spacial score (nSPS) is 16.7. The maximum Gasteiger partial charge on any atom is 0.309 e. The van der Waals surface area contributed by atoms with Crippen molar-refractivity contribution < 1.29 is 22.5 Å². The molecule has 0 aliphatic carbocycles. The third-order valence-corrected chi connectivity index (χ3v) is 5.98. The fourth-order valence-corrected chi connectivity index (χ4v) is 4.16. The molecule has 3 heterocycles. The third-order valence-electron chi connectivity index (χ3n) is 4.10. The highest BCUT2D eigenvalue weighted by molar-refractivity contribution is 7.89. The second-order valence-corrected chi connectivity index (χ2v) is 7.84. The minimum atomic E-state index is -3.57. The number of carbonyl (C=O) groups excluding carboxylic acids is 1. The molecule has 25 heavy (non-hydrogen) atoms. The molecule has 0 bridgehead atoms. The van der Waals surface area contributed by atoms with Crippen molar-refractivity contribution in [1.82, 2.24) is 14.4 Å². The summed E-state index contributed by atoms with van der Waals surface area (Å²) in [5.41, 5.74) is 0.558. The van der Waals surface area contributed by atoms with Crippen molar-refractivity contribution in [3.8, 4) is 0 Å². The molecule has 0 unspecified atom stereocenters. The van der Waals surface area contributed by atoms with Crippen molar-refractivity contribution in [3.63, 3.8) is 0 Å². The fraction of sp³-hybridized carbons (Fsp3) is 0.438. The van der Waals surface area contributed by atoms with Crippen molar-refractivity contribution >= 4 is 16.0 Å². The van der Waals surface area contributed by atoms with Gasteiger partial charge in [0.05, 0.1) is 5.92 Å². The van der Waals surface area contributed by atoms with Crippen LogP contribution in [0.25, 0.3) is 0 Å². The van der Waals surface area contributed by atoms with E-state index in [9.17, 15) is 13.2 Å². The number of rotatable bonds is 5. The molecular formula is C16H19N3O5S. The first-order chi connectivity index (χ1) is 12.0. The van der Waals surface area contributed by atoms with Crippen LogP contribution in [0.4, 0.5) is 0 Å². The molecule has 1 fully saturated rings. The van der Waals surface area contributed by atoms with Gasteiger partial charge in [-0.3, -0.25) is 9.78 Å². The number of pyridine rings is 1. The number of ether oxygens (including phenoxy) is 1. The van der Waals surface area contributed by atoms with Gasteiger partial charge in [0, 0.05) is 31.5 Å². The van der Waals surface area contributed by atoms with E-state index < -0.39 is 10.0 Å². The number of aryl methyl sites for hydroxylation is 1.